The number of benzene rings is 1. The summed E-state index contributed by atoms with van der Waals surface area (Å²) in [5.41, 5.74) is 1.39. The molecular formula is C25H44IN5O2. The summed E-state index contributed by atoms with van der Waals surface area (Å²) in [6.07, 6.45) is 2.45. The fraction of sp³-hybridized carbons (Fsp3) is 0.720. The van der Waals surface area contributed by atoms with Gasteiger partial charge in [-0.2, -0.15) is 0 Å². The predicted molar refractivity (Wildman–Crippen MR) is 147 cm³/mol. The van der Waals surface area contributed by atoms with E-state index < -0.39 is 0 Å². The van der Waals surface area contributed by atoms with E-state index in [0.29, 0.717) is 5.92 Å². The highest BCUT2D eigenvalue weighted by Gasteiger charge is 2.28. The predicted octanol–water partition coefficient (Wildman–Crippen LogP) is 3.19. The molecule has 188 valence electrons. The van der Waals surface area contributed by atoms with Gasteiger partial charge in [-0.25, -0.2) is 0 Å². The van der Waals surface area contributed by atoms with E-state index in [2.05, 4.69) is 53.3 Å². The van der Waals surface area contributed by atoms with E-state index in [4.69, 9.17) is 14.5 Å². The van der Waals surface area contributed by atoms with E-state index in [1.54, 1.807) is 7.11 Å². The number of halogens is 1. The van der Waals surface area contributed by atoms with Crippen LogP contribution in [0.5, 0.6) is 5.75 Å². The van der Waals surface area contributed by atoms with Crippen LogP contribution in [0, 0.1) is 5.92 Å². The zero-order chi connectivity index (χ0) is 22.8. The molecule has 2 aliphatic rings. The molecule has 1 aromatic carbocycles. The van der Waals surface area contributed by atoms with Crippen molar-refractivity contribution < 1.29 is 9.47 Å². The molecule has 0 atom stereocenters. The number of aliphatic imine (C=N–C) groups is 1. The van der Waals surface area contributed by atoms with E-state index in [1.807, 2.05) is 12.1 Å². The maximum absolute atomic E-state index is 5.50. The summed E-state index contributed by atoms with van der Waals surface area (Å²) in [5.74, 6) is 2.55. The summed E-state index contributed by atoms with van der Waals surface area (Å²) in [4.78, 5) is 9.97. The monoisotopic (exact) mass is 573 g/mol. The molecule has 2 saturated heterocycles. The van der Waals surface area contributed by atoms with Crippen molar-refractivity contribution in [3.8, 4) is 5.75 Å². The molecule has 1 aromatic rings. The Morgan fingerprint density at radius 1 is 1.09 bits per heavy atom. The molecule has 0 aliphatic carbocycles. The van der Waals surface area contributed by atoms with Gasteiger partial charge in [0.15, 0.2) is 5.96 Å². The van der Waals surface area contributed by atoms with Gasteiger partial charge >= 0.3 is 0 Å². The van der Waals surface area contributed by atoms with Crippen LogP contribution in [-0.4, -0.2) is 87.4 Å². The van der Waals surface area contributed by atoms with Gasteiger partial charge in [-0.3, -0.25) is 14.8 Å². The Morgan fingerprint density at radius 3 is 2.36 bits per heavy atom. The normalized spacial score (nSPS) is 19.1. The van der Waals surface area contributed by atoms with Crippen LogP contribution in [0.25, 0.3) is 0 Å². The number of likely N-dealkylation sites (tertiary alicyclic amines) is 1. The van der Waals surface area contributed by atoms with Crippen molar-refractivity contribution in [2.45, 2.75) is 45.7 Å². The average Bonchev–Trinajstić information content (AvgIpc) is 2.83. The van der Waals surface area contributed by atoms with Crippen LogP contribution < -0.4 is 15.4 Å². The second kappa shape index (κ2) is 14.3. The molecule has 8 heteroatoms. The Kier molecular flexibility index (Phi) is 12.2. The van der Waals surface area contributed by atoms with E-state index in [9.17, 15) is 0 Å². The van der Waals surface area contributed by atoms with Gasteiger partial charge in [0.2, 0.25) is 0 Å². The molecule has 2 aliphatic heterocycles. The molecular weight excluding hydrogens is 529 g/mol. The summed E-state index contributed by atoms with van der Waals surface area (Å²) in [6, 6.07) is 8.44. The SMILES string of the molecule is CCNC(=NCC(C)(C)N1CCOCC1)NCC1CCN(Cc2ccc(OC)cc2)CC1.I. The summed E-state index contributed by atoms with van der Waals surface area (Å²) in [6.45, 7) is 16.3. The number of piperidine rings is 1. The number of methoxy groups -OCH3 is 1. The molecule has 0 saturated carbocycles. The quantitative estimate of drug-likeness (QED) is 0.269. The maximum atomic E-state index is 5.50. The summed E-state index contributed by atoms with van der Waals surface area (Å²) in [7, 11) is 1.71. The van der Waals surface area contributed by atoms with E-state index in [1.165, 1.54) is 18.4 Å². The number of hydrogen-bond acceptors (Lipinski definition) is 5. The fourth-order valence-electron chi connectivity index (χ4n) is 4.46. The van der Waals surface area contributed by atoms with Crippen molar-refractivity contribution in [2.24, 2.45) is 10.9 Å². The summed E-state index contributed by atoms with van der Waals surface area (Å²) in [5, 5.41) is 7.03. The first-order valence-electron chi connectivity index (χ1n) is 12.2. The highest BCUT2D eigenvalue weighted by atomic mass is 127. The van der Waals surface area contributed by atoms with Crippen LogP contribution in [0.1, 0.15) is 39.2 Å². The zero-order valence-corrected chi connectivity index (χ0v) is 23.3. The van der Waals surface area contributed by atoms with Gasteiger partial charge in [-0.05, 0) is 70.3 Å². The molecule has 2 fully saturated rings. The van der Waals surface area contributed by atoms with Gasteiger partial charge in [-0.1, -0.05) is 12.1 Å². The van der Waals surface area contributed by atoms with Gasteiger partial charge in [0.05, 0.1) is 26.9 Å². The van der Waals surface area contributed by atoms with Gasteiger partial charge < -0.3 is 20.1 Å². The number of nitrogens with one attached hydrogen (secondary N) is 2. The lowest BCUT2D eigenvalue weighted by molar-refractivity contribution is -0.00684. The van der Waals surface area contributed by atoms with E-state index >= 15 is 0 Å². The van der Waals surface area contributed by atoms with Gasteiger partial charge in [0, 0.05) is 38.3 Å². The second-order valence-corrected chi connectivity index (χ2v) is 9.56. The number of morpholine rings is 1. The Hall–Kier alpha value is -1.10. The van der Waals surface area contributed by atoms with Crippen molar-refractivity contribution in [2.75, 3.05) is 66.1 Å². The van der Waals surface area contributed by atoms with Crippen LogP contribution in [0.3, 0.4) is 0 Å². The number of hydrogen-bond donors (Lipinski definition) is 2. The Bertz CT molecular complexity index is 699. The number of rotatable bonds is 9. The second-order valence-electron chi connectivity index (χ2n) is 9.56. The van der Waals surface area contributed by atoms with E-state index in [0.717, 1.165) is 77.3 Å². The lowest BCUT2D eigenvalue weighted by atomic mass is 9.96. The highest BCUT2D eigenvalue weighted by Crippen LogP contribution is 2.20. The fourth-order valence-corrected chi connectivity index (χ4v) is 4.46. The molecule has 0 bridgehead atoms. The third-order valence-electron chi connectivity index (χ3n) is 6.67. The molecule has 0 unspecified atom stereocenters. The van der Waals surface area contributed by atoms with Crippen LogP contribution >= 0.6 is 24.0 Å². The minimum absolute atomic E-state index is 0. The van der Waals surface area contributed by atoms with Crippen LogP contribution in [0.4, 0.5) is 0 Å². The van der Waals surface area contributed by atoms with Crippen molar-refractivity contribution in [1.82, 2.24) is 20.4 Å². The standard InChI is InChI=1S/C25H43N5O2.HI/c1-5-26-24(28-20-25(2,3)30-14-16-32-17-15-30)27-18-21-10-12-29(13-11-21)19-22-6-8-23(31-4)9-7-22;/h6-9,21H,5,10-20H2,1-4H3,(H2,26,27,28);1H. The first-order chi connectivity index (χ1) is 15.5. The van der Waals surface area contributed by atoms with E-state index in [-0.39, 0.29) is 29.5 Å². The van der Waals surface area contributed by atoms with Crippen molar-refractivity contribution in [3.63, 3.8) is 0 Å². The molecule has 2 N–H and O–H groups in total. The molecule has 0 spiro atoms. The minimum atomic E-state index is 0. The van der Waals surface area contributed by atoms with Gasteiger partial charge in [0.25, 0.3) is 0 Å². The number of nitrogens with zero attached hydrogens (tertiary/aromatic N) is 3. The Balaban J connectivity index is 0.00000385. The molecule has 0 aromatic heterocycles. The molecule has 3 rings (SSSR count). The van der Waals surface area contributed by atoms with Crippen molar-refractivity contribution in [3.05, 3.63) is 29.8 Å². The minimum Gasteiger partial charge on any atom is -0.497 e. The largest absolute Gasteiger partial charge is 0.497 e. The van der Waals surface area contributed by atoms with Crippen molar-refractivity contribution in [1.29, 1.82) is 0 Å². The van der Waals surface area contributed by atoms with Crippen LogP contribution in [0.2, 0.25) is 0 Å². The third-order valence-corrected chi connectivity index (χ3v) is 6.67. The maximum Gasteiger partial charge on any atom is 0.191 e. The number of guanidine groups is 1. The lowest BCUT2D eigenvalue weighted by Gasteiger charge is -2.40. The highest BCUT2D eigenvalue weighted by molar-refractivity contribution is 14.0. The smallest absolute Gasteiger partial charge is 0.191 e. The Labute approximate surface area is 217 Å². The number of ether oxygens (including phenoxy) is 2. The van der Waals surface area contributed by atoms with Gasteiger partial charge in [0.1, 0.15) is 5.75 Å². The molecule has 0 radical (unpaired) electrons. The van der Waals surface area contributed by atoms with Crippen LogP contribution in [0.15, 0.2) is 29.3 Å². The lowest BCUT2D eigenvalue weighted by Crippen LogP contribution is -2.52. The summed E-state index contributed by atoms with van der Waals surface area (Å²) < 4.78 is 10.8. The summed E-state index contributed by atoms with van der Waals surface area (Å²) >= 11 is 0. The topological polar surface area (TPSA) is 61.4 Å². The third kappa shape index (κ3) is 9.22. The Morgan fingerprint density at radius 2 is 1.76 bits per heavy atom. The molecule has 2 heterocycles. The van der Waals surface area contributed by atoms with Crippen molar-refractivity contribution >= 4 is 29.9 Å². The first kappa shape index (κ1) is 28.1. The zero-order valence-electron chi connectivity index (χ0n) is 20.9. The molecule has 7 nitrogen and oxygen atoms in total. The molecule has 0 amide bonds. The van der Waals surface area contributed by atoms with Crippen LogP contribution in [-0.2, 0) is 11.3 Å². The molecule has 33 heavy (non-hydrogen) atoms. The average molecular weight is 574 g/mol. The van der Waals surface area contributed by atoms with Gasteiger partial charge in [-0.15, -0.1) is 24.0 Å². The first-order valence-corrected chi connectivity index (χ1v) is 12.2.